The van der Waals surface area contributed by atoms with Crippen LogP contribution in [0.2, 0.25) is 0 Å². The van der Waals surface area contributed by atoms with Gasteiger partial charge in [0.25, 0.3) is 5.91 Å². The number of ether oxygens (including phenoxy) is 1. The number of thiazole rings is 1. The highest BCUT2D eigenvalue weighted by molar-refractivity contribution is 7.20. The fourth-order valence-corrected chi connectivity index (χ4v) is 3.15. The van der Waals surface area contributed by atoms with E-state index in [2.05, 4.69) is 15.6 Å². The van der Waals surface area contributed by atoms with Crippen molar-refractivity contribution in [3.63, 3.8) is 0 Å². The lowest BCUT2D eigenvalue weighted by atomic mass is 10.4. The number of imide groups is 1. The second-order valence-electron chi connectivity index (χ2n) is 4.77. The Morgan fingerprint density at radius 3 is 2.74 bits per heavy atom. The van der Waals surface area contributed by atoms with Gasteiger partial charge in [0, 0.05) is 11.4 Å². The van der Waals surface area contributed by atoms with Crippen molar-refractivity contribution >= 4 is 40.6 Å². The van der Waals surface area contributed by atoms with Crippen molar-refractivity contribution in [3.8, 4) is 9.88 Å². The number of thiophene rings is 1. The summed E-state index contributed by atoms with van der Waals surface area (Å²) in [7, 11) is 0. The third-order valence-electron chi connectivity index (χ3n) is 2.45. The van der Waals surface area contributed by atoms with Crippen molar-refractivity contribution in [3.05, 3.63) is 28.6 Å². The maximum Gasteiger partial charge on any atom is 0.358 e. The number of hydrogen-bond donors (Lipinski definition) is 2. The zero-order valence-corrected chi connectivity index (χ0v) is 14.1. The van der Waals surface area contributed by atoms with E-state index in [0.717, 1.165) is 4.88 Å². The van der Waals surface area contributed by atoms with E-state index in [1.165, 1.54) is 22.7 Å². The van der Waals surface area contributed by atoms with Gasteiger partial charge in [-0.1, -0.05) is 6.07 Å². The highest BCUT2D eigenvalue weighted by atomic mass is 32.1. The van der Waals surface area contributed by atoms with E-state index in [1.54, 1.807) is 19.2 Å². The Hall–Kier alpha value is -2.26. The van der Waals surface area contributed by atoms with Crippen LogP contribution >= 0.6 is 22.7 Å². The summed E-state index contributed by atoms with van der Waals surface area (Å²) in [6, 6.07) is 3.07. The molecule has 7 nitrogen and oxygen atoms in total. The molecular formula is C14H15N3O4S2. The molecule has 3 amide bonds. The van der Waals surface area contributed by atoms with Crippen molar-refractivity contribution in [2.75, 3.05) is 6.61 Å². The minimum Gasteiger partial charge on any atom is -0.451 e. The van der Waals surface area contributed by atoms with Crippen LogP contribution in [0.1, 0.15) is 24.3 Å². The molecule has 0 bridgehead atoms. The molecule has 0 fully saturated rings. The zero-order chi connectivity index (χ0) is 16.8. The molecule has 2 heterocycles. The Kier molecular flexibility index (Phi) is 5.83. The van der Waals surface area contributed by atoms with E-state index in [1.807, 2.05) is 17.5 Å². The molecule has 2 aromatic rings. The van der Waals surface area contributed by atoms with Crippen LogP contribution < -0.4 is 10.6 Å². The fraction of sp³-hybridized carbons (Fsp3) is 0.286. The van der Waals surface area contributed by atoms with Crippen LogP contribution in [0, 0.1) is 0 Å². The van der Waals surface area contributed by atoms with Gasteiger partial charge in [-0.3, -0.25) is 10.1 Å². The maximum absolute atomic E-state index is 11.8. The summed E-state index contributed by atoms with van der Waals surface area (Å²) in [5, 5.41) is 8.76. The highest BCUT2D eigenvalue weighted by Gasteiger charge is 2.16. The summed E-state index contributed by atoms with van der Waals surface area (Å²) in [5.41, 5.74) is 0.137. The van der Waals surface area contributed by atoms with Crippen molar-refractivity contribution in [1.29, 1.82) is 0 Å². The first-order valence-electron chi connectivity index (χ1n) is 6.72. The Bertz CT molecular complexity index is 695. The van der Waals surface area contributed by atoms with Crippen LogP contribution in [0.5, 0.6) is 0 Å². The van der Waals surface area contributed by atoms with Crippen molar-refractivity contribution in [2.24, 2.45) is 0 Å². The van der Waals surface area contributed by atoms with Gasteiger partial charge in [0.15, 0.2) is 12.3 Å². The number of rotatable bonds is 5. The number of carbonyl (C=O) groups is 3. The van der Waals surface area contributed by atoms with Gasteiger partial charge in [0.05, 0.1) is 4.88 Å². The van der Waals surface area contributed by atoms with Gasteiger partial charge in [0.2, 0.25) is 0 Å². The molecule has 23 heavy (non-hydrogen) atoms. The molecule has 0 unspecified atom stereocenters. The SMILES string of the molecule is CC(C)NC(=O)NC(=O)COC(=O)c1csc(-c2cccs2)n1. The van der Waals surface area contributed by atoms with Gasteiger partial charge < -0.3 is 10.1 Å². The Morgan fingerprint density at radius 1 is 1.30 bits per heavy atom. The molecule has 0 radical (unpaired) electrons. The lowest BCUT2D eigenvalue weighted by molar-refractivity contribution is -0.123. The first-order valence-corrected chi connectivity index (χ1v) is 8.48. The average molecular weight is 353 g/mol. The molecule has 0 atom stereocenters. The van der Waals surface area contributed by atoms with E-state index < -0.39 is 24.5 Å². The number of esters is 1. The van der Waals surface area contributed by atoms with Gasteiger partial charge in [-0.2, -0.15) is 0 Å². The lowest BCUT2D eigenvalue weighted by Crippen LogP contribution is -2.44. The van der Waals surface area contributed by atoms with Gasteiger partial charge in [-0.05, 0) is 25.3 Å². The van der Waals surface area contributed by atoms with Crippen LogP contribution in [0.15, 0.2) is 22.9 Å². The van der Waals surface area contributed by atoms with Gasteiger partial charge >= 0.3 is 12.0 Å². The monoisotopic (exact) mass is 353 g/mol. The van der Waals surface area contributed by atoms with E-state index >= 15 is 0 Å². The minimum absolute atomic E-state index is 0.101. The number of aromatic nitrogens is 1. The first-order chi connectivity index (χ1) is 11.0. The highest BCUT2D eigenvalue weighted by Crippen LogP contribution is 2.27. The van der Waals surface area contributed by atoms with Gasteiger partial charge in [-0.15, -0.1) is 22.7 Å². The fourth-order valence-electron chi connectivity index (χ4n) is 1.55. The Labute approximate surface area is 140 Å². The molecule has 0 saturated carbocycles. The van der Waals surface area contributed by atoms with Crippen molar-refractivity contribution in [2.45, 2.75) is 19.9 Å². The first kappa shape index (κ1) is 17.1. The van der Waals surface area contributed by atoms with Crippen LogP contribution in [-0.2, 0) is 9.53 Å². The summed E-state index contributed by atoms with van der Waals surface area (Å²) < 4.78 is 4.84. The molecule has 0 aliphatic carbocycles. The molecule has 0 aromatic carbocycles. The Morgan fingerprint density at radius 2 is 2.09 bits per heavy atom. The van der Waals surface area contributed by atoms with E-state index in [9.17, 15) is 14.4 Å². The molecular weight excluding hydrogens is 338 g/mol. The number of amides is 3. The van der Waals surface area contributed by atoms with Crippen LogP contribution in [0.4, 0.5) is 4.79 Å². The van der Waals surface area contributed by atoms with Crippen LogP contribution in [0.3, 0.4) is 0 Å². The third kappa shape index (κ3) is 5.15. The summed E-state index contributed by atoms with van der Waals surface area (Å²) in [5.74, 6) is -1.41. The number of urea groups is 1. The number of hydrogen-bond acceptors (Lipinski definition) is 7. The molecule has 0 aliphatic heterocycles. The Balaban J connectivity index is 1.83. The lowest BCUT2D eigenvalue weighted by Gasteiger charge is -2.09. The molecule has 2 rings (SSSR count). The predicted octanol–water partition coefficient (Wildman–Crippen LogP) is 2.26. The molecule has 122 valence electrons. The second-order valence-corrected chi connectivity index (χ2v) is 6.57. The van der Waals surface area contributed by atoms with Crippen molar-refractivity contribution in [1.82, 2.24) is 15.6 Å². The maximum atomic E-state index is 11.8. The largest absolute Gasteiger partial charge is 0.451 e. The van der Waals surface area contributed by atoms with Gasteiger partial charge in [-0.25, -0.2) is 14.6 Å². The number of nitrogens with zero attached hydrogens (tertiary/aromatic N) is 1. The molecule has 0 saturated heterocycles. The standard InChI is InChI=1S/C14H15N3O4S2/c1-8(2)15-14(20)17-11(18)6-21-13(19)9-7-23-12(16-9)10-4-3-5-22-10/h3-5,7-8H,6H2,1-2H3,(H2,15,17,18,20). The smallest absolute Gasteiger partial charge is 0.358 e. The van der Waals surface area contributed by atoms with E-state index in [0.29, 0.717) is 5.01 Å². The predicted molar refractivity (Wildman–Crippen MR) is 87.5 cm³/mol. The summed E-state index contributed by atoms with van der Waals surface area (Å²) in [4.78, 5) is 39.8. The second kappa shape index (κ2) is 7.84. The normalized spacial score (nSPS) is 10.4. The summed E-state index contributed by atoms with van der Waals surface area (Å²) >= 11 is 2.84. The quantitative estimate of drug-likeness (QED) is 0.804. The topological polar surface area (TPSA) is 97.4 Å². The molecule has 9 heteroatoms. The van der Waals surface area contributed by atoms with Gasteiger partial charge in [0.1, 0.15) is 5.01 Å². The van der Waals surface area contributed by atoms with E-state index in [-0.39, 0.29) is 11.7 Å². The molecule has 0 spiro atoms. The average Bonchev–Trinajstić information content (AvgIpc) is 3.13. The van der Waals surface area contributed by atoms with Crippen LogP contribution in [0.25, 0.3) is 9.88 Å². The van der Waals surface area contributed by atoms with Crippen LogP contribution in [-0.4, -0.2) is 35.5 Å². The molecule has 2 aromatic heterocycles. The summed E-state index contributed by atoms with van der Waals surface area (Å²) in [6.07, 6.45) is 0. The third-order valence-corrected chi connectivity index (χ3v) is 4.33. The van der Waals surface area contributed by atoms with Crippen molar-refractivity contribution < 1.29 is 19.1 Å². The number of carbonyl (C=O) groups excluding carboxylic acids is 3. The molecule has 2 N–H and O–H groups in total. The zero-order valence-electron chi connectivity index (χ0n) is 12.5. The van der Waals surface area contributed by atoms with E-state index in [4.69, 9.17) is 4.74 Å². The molecule has 0 aliphatic rings. The number of nitrogens with one attached hydrogen (secondary N) is 2. The minimum atomic E-state index is -0.705. The summed E-state index contributed by atoms with van der Waals surface area (Å²) in [6.45, 7) is 2.98.